The summed E-state index contributed by atoms with van der Waals surface area (Å²) in [5, 5.41) is 12.8. The molecule has 1 unspecified atom stereocenters. The van der Waals surface area contributed by atoms with Gasteiger partial charge in [0.15, 0.2) is 6.61 Å². The molecule has 0 fully saturated rings. The molecule has 1 heterocycles. The van der Waals surface area contributed by atoms with E-state index < -0.39 is 30.4 Å². The van der Waals surface area contributed by atoms with Crippen LogP contribution in [0.25, 0.3) is 10.1 Å². The zero-order valence-electron chi connectivity index (χ0n) is 18.4. The third kappa shape index (κ3) is 5.71. The maximum atomic E-state index is 13.1. The third-order valence-electron chi connectivity index (χ3n) is 5.42. The molecule has 0 saturated heterocycles. The van der Waals surface area contributed by atoms with Crippen LogP contribution in [-0.4, -0.2) is 17.7 Å². The van der Waals surface area contributed by atoms with E-state index in [0.29, 0.717) is 34.4 Å². The Balaban J connectivity index is 1.84. The van der Waals surface area contributed by atoms with Crippen molar-refractivity contribution in [2.45, 2.75) is 51.7 Å². The maximum absolute atomic E-state index is 13.1. The monoisotopic (exact) mass is 479 g/mol. The predicted molar refractivity (Wildman–Crippen MR) is 122 cm³/mol. The molecule has 0 aliphatic carbocycles. The van der Waals surface area contributed by atoms with E-state index in [4.69, 9.17) is 9.84 Å². The molecule has 0 aliphatic heterocycles. The van der Waals surface area contributed by atoms with Crippen molar-refractivity contribution in [3.8, 4) is 5.75 Å². The van der Waals surface area contributed by atoms with Crippen molar-refractivity contribution < 1.29 is 27.8 Å². The topological polar surface area (TPSA) is 76.0 Å². The highest BCUT2D eigenvalue weighted by atomic mass is 32.1. The maximum Gasteiger partial charge on any atom is 0.416 e. The molecule has 5 nitrogen and oxygen atoms in total. The second-order valence-electron chi connectivity index (χ2n) is 8.17. The first-order chi connectivity index (χ1) is 15.5. The molecule has 1 aromatic heterocycles. The van der Waals surface area contributed by atoms with Crippen LogP contribution in [0.5, 0.6) is 5.75 Å². The fourth-order valence-electron chi connectivity index (χ4n) is 3.89. The van der Waals surface area contributed by atoms with E-state index in [-0.39, 0.29) is 5.92 Å². The normalized spacial score (nSPS) is 12.8. The van der Waals surface area contributed by atoms with Gasteiger partial charge >= 0.3 is 12.1 Å². The van der Waals surface area contributed by atoms with Gasteiger partial charge in [-0.3, -0.25) is 0 Å². The van der Waals surface area contributed by atoms with Crippen LogP contribution >= 0.6 is 11.3 Å². The van der Waals surface area contributed by atoms with E-state index >= 15 is 0 Å². The fraction of sp³-hybridized carbons (Fsp3) is 0.375. The Bertz CT molecular complexity index is 1170. The van der Waals surface area contributed by atoms with Crippen LogP contribution in [0.3, 0.4) is 0 Å². The van der Waals surface area contributed by atoms with Gasteiger partial charge in [0.2, 0.25) is 0 Å². The van der Waals surface area contributed by atoms with E-state index in [1.807, 2.05) is 13.8 Å². The molecule has 1 atom stereocenters. The summed E-state index contributed by atoms with van der Waals surface area (Å²) in [6, 6.07) is 8.22. The molecule has 1 N–H and O–H groups in total. The summed E-state index contributed by atoms with van der Waals surface area (Å²) in [7, 11) is 0. The van der Waals surface area contributed by atoms with Gasteiger partial charge in [0.05, 0.1) is 5.56 Å². The summed E-state index contributed by atoms with van der Waals surface area (Å²) in [5.74, 6) is -0.559. The number of carboxylic acid groups (broad SMARTS) is 1. The van der Waals surface area contributed by atoms with Gasteiger partial charge in [-0.25, -0.2) is 4.79 Å². The molecule has 9 heteroatoms. The standard InChI is InChI=1S/C24H24F3NO4S/c1-13(2)23-17-6-5-16(24(25,26)27)11-21(17)33-20(23)9-7-18(28-31)15-4-8-19(14(3)10-15)32-12-22(29)30/h4-6,8,10-11,13,18H,7,9,12H2,1-3H3,(H,29,30). The van der Waals surface area contributed by atoms with E-state index in [9.17, 15) is 22.9 Å². The molecule has 0 saturated carbocycles. The minimum atomic E-state index is -4.40. The number of carbonyl (C=O) groups is 1. The first-order valence-electron chi connectivity index (χ1n) is 10.4. The van der Waals surface area contributed by atoms with E-state index in [0.717, 1.165) is 21.9 Å². The lowest BCUT2D eigenvalue weighted by atomic mass is 9.95. The number of aryl methyl sites for hydroxylation is 2. The lowest BCUT2D eigenvalue weighted by molar-refractivity contribution is -0.139. The number of carboxylic acids is 1. The Labute approximate surface area is 193 Å². The Kier molecular flexibility index (Phi) is 7.41. The number of ether oxygens (including phenoxy) is 1. The number of halogens is 3. The van der Waals surface area contributed by atoms with Gasteiger partial charge in [-0.15, -0.1) is 11.3 Å². The van der Waals surface area contributed by atoms with E-state index in [2.05, 4.69) is 5.18 Å². The molecule has 0 bridgehead atoms. The first-order valence-corrected chi connectivity index (χ1v) is 11.2. The highest BCUT2D eigenvalue weighted by Crippen LogP contribution is 2.41. The molecule has 176 valence electrons. The molecule has 0 aliphatic rings. The third-order valence-corrected chi connectivity index (χ3v) is 6.65. The molecular weight excluding hydrogens is 455 g/mol. The number of nitroso groups, excluding NO2 is 1. The minimum absolute atomic E-state index is 0.112. The van der Waals surface area contributed by atoms with Crippen LogP contribution in [0.2, 0.25) is 0 Å². The van der Waals surface area contributed by atoms with Crippen molar-refractivity contribution in [2.24, 2.45) is 5.18 Å². The van der Waals surface area contributed by atoms with E-state index in [1.165, 1.54) is 23.5 Å². The zero-order valence-corrected chi connectivity index (χ0v) is 19.2. The lowest BCUT2D eigenvalue weighted by Gasteiger charge is -2.14. The quantitative estimate of drug-likeness (QED) is 0.328. The fourth-order valence-corrected chi connectivity index (χ4v) is 5.31. The molecule has 0 amide bonds. The van der Waals surface area contributed by atoms with Gasteiger partial charge in [0.1, 0.15) is 11.8 Å². The molecule has 2 aromatic carbocycles. The molecule has 3 rings (SSSR count). The van der Waals surface area contributed by atoms with Crippen molar-refractivity contribution >= 4 is 27.4 Å². The minimum Gasteiger partial charge on any atom is -0.482 e. The number of thiophene rings is 1. The highest BCUT2D eigenvalue weighted by molar-refractivity contribution is 7.19. The largest absolute Gasteiger partial charge is 0.482 e. The number of rotatable bonds is 9. The molecule has 3 aromatic rings. The van der Waals surface area contributed by atoms with E-state index in [1.54, 1.807) is 25.1 Å². The number of alkyl halides is 3. The number of nitrogens with zero attached hydrogens (tertiary/aromatic N) is 1. The molecule has 33 heavy (non-hydrogen) atoms. The van der Waals surface area contributed by atoms with Crippen LogP contribution < -0.4 is 4.74 Å². The number of aliphatic carboxylic acids is 1. The van der Waals surface area contributed by atoms with Gasteiger partial charge in [-0.05, 0) is 66.0 Å². The zero-order chi connectivity index (χ0) is 24.3. The summed E-state index contributed by atoms with van der Waals surface area (Å²) in [5.41, 5.74) is 1.69. The van der Waals surface area contributed by atoms with Crippen LogP contribution in [0.1, 0.15) is 59.4 Å². The highest BCUT2D eigenvalue weighted by Gasteiger charge is 2.31. The summed E-state index contributed by atoms with van der Waals surface area (Å²) < 4.78 is 45.2. The summed E-state index contributed by atoms with van der Waals surface area (Å²) in [4.78, 5) is 23.3. The summed E-state index contributed by atoms with van der Waals surface area (Å²) in [6.45, 7) is 5.29. The summed E-state index contributed by atoms with van der Waals surface area (Å²) in [6.07, 6.45) is -3.50. The number of benzene rings is 2. The van der Waals surface area contributed by atoms with Gasteiger partial charge in [-0.1, -0.05) is 37.2 Å². The molecular formula is C24H24F3NO4S. The lowest BCUT2D eigenvalue weighted by Crippen LogP contribution is -2.10. The van der Waals surface area contributed by atoms with Crippen molar-refractivity contribution in [1.82, 2.24) is 0 Å². The molecule has 0 spiro atoms. The van der Waals surface area contributed by atoms with Crippen LogP contribution in [0.4, 0.5) is 13.2 Å². The van der Waals surface area contributed by atoms with Crippen molar-refractivity contribution in [3.05, 3.63) is 68.4 Å². The number of fused-ring (bicyclic) bond motifs is 1. The van der Waals surface area contributed by atoms with Crippen LogP contribution in [0, 0.1) is 11.8 Å². The predicted octanol–water partition coefficient (Wildman–Crippen LogP) is 7.26. The average Bonchev–Trinajstić information content (AvgIpc) is 3.10. The van der Waals surface area contributed by atoms with Gasteiger partial charge in [0, 0.05) is 9.58 Å². The number of hydrogen-bond donors (Lipinski definition) is 1. The van der Waals surface area contributed by atoms with Crippen molar-refractivity contribution in [1.29, 1.82) is 0 Å². The smallest absolute Gasteiger partial charge is 0.416 e. The summed E-state index contributed by atoms with van der Waals surface area (Å²) >= 11 is 1.33. The Morgan fingerprint density at radius 3 is 2.48 bits per heavy atom. The number of hydrogen-bond acceptors (Lipinski definition) is 5. The second-order valence-corrected chi connectivity index (χ2v) is 9.31. The van der Waals surface area contributed by atoms with Crippen molar-refractivity contribution in [2.75, 3.05) is 6.61 Å². The van der Waals surface area contributed by atoms with Crippen molar-refractivity contribution in [3.63, 3.8) is 0 Å². The second kappa shape index (κ2) is 9.91. The SMILES string of the molecule is Cc1cc(C(CCc2sc3cc(C(F)(F)F)ccc3c2C(C)C)N=O)ccc1OCC(=O)O. The van der Waals surface area contributed by atoms with Crippen LogP contribution in [0.15, 0.2) is 41.6 Å². The Morgan fingerprint density at radius 2 is 1.91 bits per heavy atom. The average molecular weight is 480 g/mol. The van der Waals surface area contributed by atoms with Gasteiger partial charge < -0.3 is 9.84 Å². The van der Waals surface area contributed by atoms with Gasteiger partial charge in [-0.2, -0.15) is 18.1 Å². The van der Waals surface area contributed by atoms with Gasteiger partial charge in [0.25, 0.3) is 0 Å². The molecule has 0 radical (unpaired) electrons. The Hall–Kier alpha value is -2.94. The van der Waals surface area contributed by atoms with Crippen LogP contribution in [-0.2, 0) is 17.4 Å². The Morgan fingerprint density at radius 1 is 1.18 bits per heavy atom. The first kappa shape index (κ1) is 24.7.